The van der Waals surface area contributed by atoms with E-state index >= 15 is 0 Å². The average Bonchev–Trinajstić information content (AvgIpc) is 2.79. The Bertz CT molecular complexity index is 381. The molecule has 0 radical (unpaired) electrons. The molecule has 2 unspecified atom stereocenters. The zero-order chi connectivity index (χ0) is 14.1. The van der Waals surface area contributed by atoms with E-state index in [1.165, 1.54) is 0 Å². The highest BCUT2D eigenvalue weighted by molar-refractivity contribution is 5.07. The van der Waals surface area contributed by atoms with Crippen molar-refractivity contribution in [1.29, 1.82) is 0 Å². The second kappa shape index (κ2) is 3.90. The second-order valence-electron chi connectivity index (χ2n) is 6.54. The average molecular weight is 274 g/mol. The van der Waals surface area contributed by atoms with Gasteiger partial charge < -0.3 is 28.8 Å². The number of aliphatic hydroxyl groups excluding tert-OH is 1. The predicted molar refractivity (Wildman–Crippen MR) is 64.2 cm³/mol. The quantitative estimate of drug-likeness (QED) is 0.761. The maximum absolute atomic E-state index is 10.1. The molecule has 3 rings (SSSR count). The van der Waals surface area contributed by atoms with E-state index in [2.05, 4.69) is 0 Å². The minimum absolute atomic E-state index is 0.269. The van der Waals surface area contributed by atoms with Gasteiger partial charge in [-0.15, -0.1) is 0 Å². The lowest BCUT2D eigenvalue weighted by Gasteiger charge is -2.26. The maximum Gasteiger partial charge on any atom is 0.187 e. The first-order valence-corrected chi connectivity index (χ1v) is 6.66. The van der Waals surface area contributed by atoms with E-state index in [1.807, 2.05) is 27.7 Å². The molecule has 0 saturated carbocycles. The van der Waals surface area contributed by atoms with Gasteiger partial charge in [0.2, 0.25) is 0 Å². The largest absolute Gasteiger partial charge is 0.366 e. The molecule has 1 N–H and O–H groups in total. The van der Waals surface area contributed by atoms with Crippen LogP contribution in [0.3, 0.4) is 0 Å². The van der Waals surface area contributed by atoms with Gasteiger partial charge in [-0.05, 0) is 34.6 Å². The van der Waals surface area contributed by atoms with Gasteiger partial charge in [0.05, 0.1) is 6.61 Å². The van der Waals surface area contributed by atoms with Crippen molar-refractivity contribution in [1.82, 2.24) is 0 Å². The molecule has 0 aromatic carbocycles. The molecule has 3 heterocycles. The van der Waals surface area contributed by atoms with Crippen LogP contribution in [0.25, 0.3) is 0 Å². The molecule has 0 aromatic rings. The van der Waals surface area contributed by atoms with E-state index in [0.29, 0.717) is 6.61 Å². The Morgan fingerprint density at radius 2 is 1.68 bits per heavy atom. The van der Waals surface area contributed by atoms with Crippen molar-refractivity contribution in [3.63, 3.8) is 0 Å². The second-order valence-corrected chi connectivity index (χ2v) is 6.54. The van der Waals surface area contributed by atoms with E-state index < -0.39 is 29.6 Å². The topological polar surface area (TPSA) is 66.4 Å². The highest BCUT2D eigenvalue weighted by atomic mass is 16.8. The third-order valence-electron chi connectivity index (χ3n) is 3.91. The van der Waals surface area contributed by atoms with Gasteiger partial charge in [-0.2, -0.15) is 0 Å². The normalized spacial score (nSPS) is 51.5. The molecule has 6 heteroatoms. The van der Waals surface area contributed by atoms with Crippen molar-refractivity contribution in [3.8, 4) is 0 Å². The van der Waals surface area contributed by atoms with Gasteiger partial charge in [0, 0.05) is 0 Å². The molecule has 19 heavy (non-hydrogen) atoms. The Balaban J connectivity index is 1.82. The number of hydrogen-bond donors (Lipinski definition) is 1. The van der Waals surface area contributed by atoms with Crippen molar-refractivity contribution in [2.24, 2.45) is 0 Å². The third kappa shape index (κ3) is 2.11. The standard InChI is InChI=1S/C13H22O6/c1-11(2)15-6-7(17-11)8-9-13(5,10(14)16-8)19-12(3,4)18-9/h7-10,14H,6H2,1-5H3/t7?,8-,9+,10?,13+/m1/s1. The molecule has 0 spiro atoms. The van der Waals surface area contributed by atoms with Crippen molar-refractivity contribution < 1.29 is 28.8 Å². The maximum atomic E-state index is 10.1. The summed E-state index contributed by atoms with van der Waals surface area (Å²) in [6, 6.07) is 0. The summed E-state index contributed by atoms with van der Waals surface area (Å²) in [6.07, 6.45) is -2.07. The van der Waals surface area contributed by atoms with Crippen LogP contribution in [-0.4, -0.2) is 53.5 Å². The van der Waals surface area contributed by atoms with Crippen LogP contribution >= 0.6 is 0 Å². The fraction of sp³-hybridized carbons (Fsp3) is 1.00. The Morgan fingerprint density at radius 3 is 2.26 bits per heavy atom. The predicted octanol–water partition coefficient (Wildman–Crippen LogP) is 0.765. The molecule has 110 valence electrons. The summed E-state index contributed by atoms with van der Waals surface area (Å²) in [7, 11) is 0. The summed E-state index contributed by atoms with van der Waals surface area (Å²) in [5.74, 6) is -1.37. The van der Waals surface area contributed by atoms with Gasteiger partial charge in [-0.3, -0.25) is 0 Å². The van der Waals surface area contributed by atoms with Gasteiger partial charge >= 0.3 is 0 Å². The van der Waals surface area contributed by atoms with Crippen molar-refractivity contribution >= 4 is 0 Å². The number of fused-ring (bicyclic) bond motifs is 1. The molecule has 3 aliphatic rings. The molecule has 3 fully saturated rings. The minimum Gasteiger partial charge on any atom is -0.366 e. The summed E-state index contributed by atoms with van der Waals surface area (Å²) in [4.78, 5) is 0. The van der Waals surface area contributed by atoms with Gasteiger partial charge in [-0.25, -0.2) is 0 Å². The molecular weight excluding hydrogens is 252 g/mol. The number of ether oxygens (including phenoxy) is 5. The van der Waals surface area contributed by atoms with E-state index in [4.69, 9.17) is 23.7 Å². The summed E-state index contributed by atoms with van der Waals surface area (Å²) in [5.41, 5.74) is -0.871. The van der Waals surface area contributed by atoms with Crippen molar-refractivity contribution in [2.45, 2.75) is 76.4 Å². The van der Waals surface area contributed by atoms with E-state index in [-0.39, 0.29) is 12.2 Å². The fourth-order valence-corrected chi connectivity index (χ4v) is 3.13. The van der Waals surface area contributed by atoms with E-state index in [0.717, 1.165) is 0 Å². The molecule has 0 amide bonds. The first-order chi connectivity index (χ1) is 8.63. The third-order valence-corrected chi connectivity index (χ3v) is 3.91. The van der Waals surface area contributed by atoms with Gasteiger partial charge in [-0.1, -0.05) is 0 Å². The van der Waals surface area contributed by atoms with E-state index in [9.17, 15) is 5.11 Å². The SMILES string of the molecule is CC1(C)OCC([C@H]2OC(O)[C@@]3(C)OC(C)(C)O[C@@H]23)O1. The monoisotopic (exact) mass is 274 g/mol. The molecule has 0 bridgehead atoms. The first kappa shape index (κ1) is 13.7. The van der Waals surface area contributed by atoms with Crippen LogP contribution in [-0.2, 0) is 23.7 Å². The highest BCUT2D eigenvalue weighted by Crippen LogP contribution is 2.47. The summed E-state index contributed by atoms with van der Waals surface area (Å²) in [6.45, 7) is 9.59. The van der Waals surface area contributed by atoms with E-state index in [1.54, 1.807) is 6.92 Å². The molecule has 3 saturated heterocycles. The summed E-state index contributed by atoms with van der Waals surface area (Å²) >= 11 is 0. The zero-order valence-corrected chi connectivity index (χ0v) is 12.0. The smallest absolute Gasteiger partial charge is 0.187 e. The summed E-state index contributed by atoms with van der Waals surface area (Å²) in [5, 5.41) is 10.1. The zero-order valence-electron chi connectivity index (χ0n) is 12.0. The lowest BCUT2D eigenvalue weighted by atomic mass is 9.95. The summed E-state index contributed by atoms with van der Waals surface area (Å²) < 4.78 is 28.7. The molecule has 5 atom stereocenters. The number of hydrogen-bond acceptors (Lipinski definition) is 6. The van der Waals surface area contributed by atoms with Crippen LogP contribution in [0.1, 0.15) is 34.6 Å². The minimum atomic E-state index is -1.03. The van der Waals surface area contributed by atoms with Gasteiger partial charge in [0.25, 0.3) is 0 Å². The van der Waals surface area contributed by atoms with Gasteiger partial charge in [0.1, 0.15) is 23.9 Å². The molecule has 0 aliphatic carbocycles. The van der Waals surface area contributed by atoms with Gasteiger partial charge in [0.15, 0.2) is 17.9 Å². The Kier molecular flexibility index (Phi) is 2.82. The van der Waals surface area contributed by atoms with Crippen LogP contribution in [0, 0.1) is 0 Å². The van der Waals surface area contributed by atoms with Crippen LogP contribution in [0.5, 0.6) is 0 Å². The van der Waals surface area contributed by atoms with Crippen molar-refractivity contribution in [2.75, 3.05) is 6.61 Å². The van der Waals surface area contributed by atoms with Crippen LogP contribution in [0.15, 0.2) is 0 Å². The first-order valence-electron chi connectivity index (χ1n) is 6.66. The Labute approximate surface area is 112 Å². The lowest BCUT2D eigenvalue weighted by Crippen LogP contribution is -2.45. The molecule has 0 aromatic heterocycles. The van der Waals surface area contributed by atoms with Crippen LogP contribution in [0.2, 0.25) is 0 Å². The molecule has 6 nitrogen and oxygen atoms in total. The molecular formula is C13H22O6. The van der Waals surface area contributed by atoms with Crippen molar-refractivity contribution in [3.05, 3.63) is 0 Å². The Hall–Kier alpha value is -0.240. The lowest BCUT2D eigenvalue weighted by molar-refractivity contribution is -0.252. The highest BCUT2D eigenvalue weighted by Gasteiger charge is 2.65. The number of rotatable bonds is 1. The molecule has 3 aliphatic heterocycles. The van der Waals surface area contributed by atoms with Crippen LogP contribution in [0.4, 0.5) is 0 Å². The number of aliphatic hydroxyl groups is 1. The van der Waals surface area contributed by atoms with Crippen LogP contribution < -0.4 is 0 Å². The fourth-order valence-electron chi connectivity index (χ4n) is 3.13. The Morgan fingerprint density at radius 1 is 1.00 bits per heavy atom.